The molecule has 0 radical (unpaired) electrons. The lowest BCUT2D eigenvalue weighted by molar-refractivity contribution is 0.342. The summed E-state index contributed by atoms with van der Waals surface area (Å²) in [5, 5.41) is 10.6. The lowest BCUT2D eigenvalue weighted by Crippen LogP contribution is -1.85. The summed E-state index contributed by atoms with van der Waals surface area (Å²) >= 11 is 0. The van der Waals surface area contributed by atoms with Crippen LogP contribution in [0.1, 0.15) is 11.1 Å². The average Bonchev–Trinajstić information content (AvgIpc) is 2.58. The highest BCUT2D eigenvalue weighted by Gasteiger charge is 2.14. The topological polar surface area (TPSA) is 46.3 Å². The van der Waals surface area contributed by atoms with Gasteiger partial charge in [0.25, 0.3) is 5.95 Å². The molecule has 3 nitrogen and oxygen atoms in total. The van der Waals surface area contributed by atoms with Gasteiger partial charge in [0.2, 0.25) is 0 Å². The number of hydrogen-bond donors (Lipinski definition) is 1. The number of aromatic hydroxyl groups is 1. The minimum absolute atomic E-state index is 0.0408. The second-order valence-corrected chi connectivity index (χ2v) is 3.96. The third-order valence-electron chi connectivity index (χ3n) is 2.97. The van der Waals surface area contributed by atoms with Gasteiger partial charge in [-0.1, -0.05) is 18.2 Å². The van der Waals surface area contributed by atoms with Crippen LogP contribution in [0, 0.1) is 13.8 Å². The Bertz CT molecular complexity index is 698. The summed E-state index contributed by atoms with van der Waals surface area (Å²) in [7, 11) is 0. The maximum atomic E-state index is 9.57. The number of aryl methyl sites for hydroxylation is 2. The van der Waals surface area contributed by atoms with Gasteiger partial charge in [0, 0.05) is 10.9 Å². The van der Waals surface area contributed by atoms with E-state index in [2.05, 4.69) is 4.98 Å². The summed E-state index contributed by atoms with van der Waals surface area (Å²) in [4.78, 5) is 4.51. The predicted octanol–water partition coefficient (Wildman–Crippen LogP) is 3.30. The van der Waals surface area contributed by atoms with Gasteiger partial charge in [0.15, 0.2) is 5.58 Å². The van der Waals surface area contributed by atoms with Crippen LogP contribution in [0.2, 0.25) is 0 Å². The van der Waals surface area contributed by atoms with Gasteiger partial charge in [-0.15, -0.1) is 0 Å². The number of pyridine rings is 1. The SMILES string of the molecule is Cc1c(O)oc2c(C)c3ccccc3nc12. The Morgan fingerprint density at radius 3 is 2.69 bits per heavy atom. The molecule has 0 spiro atoms. The number of hydrogen-bond acceptors (Lipinski definition) is 3. The van der Waals surface area contributed by atoms with E-state index in [1.54, 1.807) is 0 Å². The standard InChI is InChI=1S/C13H11NO2/c1-7-9-5-3-4-6-10(9)14-11-8(2)13(15)16-12(7)11/h3-6,15H,1-2H3. The largest absolute Gasteiger partial charge is 0.480 e. The molecule has 80 valence electrons. The molecule has 3 rings (SSSR count). The molecule has 0 bridgehead atoms. The van der Waals surface area contributed by atoms with Crippen molar-refractivity contribution in [3.05, 3.63) is 35.4 Å². The van der Waals surface area contributed by atoms with Gasteiger partial charge in [-0.25, -0.2) is 4.98 Å². The zero-order valence-corrected chi connectivity index (χ0v) is 9.11. The summed E-state index contributed by atoms with van der Waals surface area (Å²) < 4.78 is 5.33. The van der Waals surface area contributed by atoms with E-state index < -0.39 is 0 Å². The fourth-order valence-electron chi connectivity index (χ4n) is 2.01. The number of furan rings is 1. The van der Waals surface area contributed by atoms with Gasteiger partial charge in [-0.2, -0.15) is 0 Å². The molecule has 0 saturated heterocycles. The van der Waals surface area contributed by atoms with Crippen LogP contribution in [-0.4, -0.2) is 10.1 Å². The van der Waals surface area contributed by atoms with Crippen molar-refractivity contribution in [1.29, 1.82) is 0 Å². The monoisotopic (exact) mass is 213 g/mol. The van der Waals surface area contributed by atoms with Crippen molar-refractivity contribution < 1.29 is 9.52 Å². The fraction of sp³-hybridized carbons (Fsp3) is 0.154. The zero-order valence-electron chi connectivity index (χ0n) is 9.11. The van der Waals surface area contributed by atoms with Crippen LogP contribution in [-0.2, 0) is 0 Å². The van der Waals surface area contributed by atoms with E-state index in [-0.39, 0.29) is 5.95 Å². The van der Waals surface area contributed by atoms with E-state index in [9.17, 15) is 5.11 Å². The average molecular weight is 213 g/mol. The molecule has 0 aliphatic heterocycles. The van der Waals surface area contributed by atoms with Crippen molar-refractivity contribution in [2.24, 2.45) is 0 Å². The van der Waals surface area contributed by atoms with Crippen molar-refractivity contribution in [1.82, 2.24) is 4.98 Å². The highest BCUT2D eigenvalue weighted by molar-refractivity contribution is 5.96. The predicted molar refractivity (Wildman–Crippen MR) is 62.7 cm³/mol. The molecule has 0 unspecified atom stereocenters. The number of fused-ring (bicyclic) bond motifs is 2. The van der Waals surface area contributed by atoms with Crippen LogP contribution in [0.25, 0.3) is 22.0 Å². The van der Waals surface area contributed by atoms with Crippen molar-refractivity contribution in [3.63, 3.8) is 0 Å². The molecular weight excluding hydrogens is 202 g/mol. The summed E-state index contributed by atoms with van der Waals surface area (Å²) in [5.74, 6) is -0.0408. The maximum Gasteiger partial charge on any atom is 0.287 e. The first-order chi connectivity index (χ1) is 7.68. The lowest BCUT2D eigenvalue weighted by atomic mass is 10.1. The van der Waals surface area contributed by atoms with Crippen LogP contribution >= 0.6 is 0 Å². The molecule has 0 saturated carbocycles. The third-order valence-corrected chi connectivity index (χ3v) is 2.97. The van der Waals surface area contributed by atoms with Crippen molar-refractivity contribution in [3.8, 4) is 5.95 Å². The van der Waals surface area contributed by atoms with Crippen LogP contribution < -0.4 is 0 Å². The number of nitrogens with zero attached hydrogens (tertiary/aromatic N) is 1. The van der Waals surface area contributed by atoms with Crippen molar-refractivity contribution in [2.75, 3.05) is 0 Å². The molecular formula is C13H11NO2. The summed E-state index contributed by atoms with van der Waals surface area (Å²) in [6, 6.07) is 7.89. The van der Waals surface area contributed by atoms with Gasteiger partial charge in [-0.3, -0.25) is 0 Å². The molecule has 1 aromatic carbocycles. The van der Waals surface area contributed by atoms with Crippen molar-refractivity contribution >= 4 is 22.0 Å². The number of benzene rings is 1. The first-order valence-electron chi connectivity index (χ1n) is 5.16. The third kappa shape index (κ3) is 1.05. The normalized spacial score (nSPS) is 11.4. The molecule has 0 amide bonds. The second kappa shape index (κ2) is 2.98. The summed E-state index contributed by atoms with van der Waals surface area (Å²) in [6.07, 6.45) is 0. The Hall–Kier alpha value is -2.03. The molecule has 2 aromatic heterocycles. The molecule has 3 aromatic rings. The fourth-order valence-corrected chi connectivity index (χ4v) is 2.01. The molecule has 0 atom stereocenters. The summed E-state index contributed by atoms with van der Waals surface area (Å²) in [6.45, 7) is 3.79. The van der Waals surface area contributed by atoms with Gasteiger partial charge in [0.1, 0.15) is 5.52 Å². The molecule has 0 aliphatic rings. The van der Waals surface area contributed by atoms with E-state index in [1.807, 2.05) is 38.1 Å². The maximum absolute atomic E-state index is 9.57. The molecule has 0 aliphatic carbocycles. The molecule has 16 heavy (non-hydrogen) atoms. The highest BCUT2D eigenvalue weighted by atomic mass is 16.5. The van der Waals surface area contributed by atoms with Gasteiger partial charge >= 0.3 is 0 Å². The van der Waals surface area contributed by atoms with E-state index in [0.717, 1.165) is 22.0 Å². The van der Waals surface area contributed by atoms with Gasteiger partial charge in [0.05, 0.1) is 11.1 Å². The Morgan fingerprint density at radius 1 is 1.12 bits per heavy atom. The van der Waals surface area contributed by atoms with Crippen molar-refractivity contribution in [2.45, 2.75) is 13.8 Å². The van der Waals surface area contributed by atoms with E-state index >= 15 is 0 Å². The number of para-hydroxylation sites is 1. The lowest BCUT2D eigenvalue weighted by Gasteiger charge is -2.01. The molecule has 2 heterocycles. The Kier molecular flexibility index (Phi) is 1.72. The second-order valence-electron chi connectivity index (χ2n) is 3.96. The highest BCUT2D eigenvalue weighted by Crippen LogP contribution is 2.33. The van der Waals surface area contributed by atoms with Gasteiger partial charge < -0.3 is 9.52 Å². The molecule has 3 heteroatoms. The smallest absolute Gasteiger partial charge is 0.287 e. The minimum atomic E-state index is -0.0408. The minimum Gasteiger partial charge on any atom is -0.480 e. The quantitative estimate of drug-likeness (QED) is 0.623. The Morgan fingerprint density at radius 2 is 1.88 bits per heavy atom. The number of rotatable bonds is 0. The van der Waals surface area contributed by atoms with Crippen LogP contribution in [0.15, 0.2) is 28.7 Å². The van der Waals surface area contributed by atoms with Crippen LogP contribution in [0.3, 0.4) is 0 Å². The summed E-state index contributed by atoms with van der Waals surface area (Å²) in [5.41, 5.74) is 4.06. The van der Waals surface area contributed by atoms with Crippen LogP contribution in [0.4, 0.5) is 0 Å². The van der Waals surface area contributed by atoms with Crippen LogP contribution in [0.5, 0.6) is 5.95 Å². The van der Waals surface area contributed by atoms with E-state index in [1.165, 1.54) is 0 Å². The first-order valence-corrected chi connectivity index (χ1v) is 5.16. The van der Waals surface area contributed by atoms with Gasteiger partial charge in [-0.05, 0) is 19.9 Å². The first kappa shape index (κ1) is 9.21. The molecule has 1 N–H and O–H groups in total. The van der Waals surface area contributed by atoms with E-state index in [4.69, 9.17) is 4.42 Å². The number of aromatic nitrogens is 1. The Labute approximate surface area is 92.3 Å². The Balaban J connectivity index is 2.60. The zero-order chi connectivity index (χ0) is 11.3. The van der Waals surface area contributed by atoms with E-state index in [0.29, 0.717) is 11.1 Å². The molecule has 0 fully saturated rings.